The molecule has 0 aliphatic rings. The Morgan fingerprint density at radius 1 is 1.17 bits per heavy atom. The number of phenolic OH excluding ortho intramolecular Hbond substituents is 1. The van der Waals surface area contributed by atoms with E-state index in [4.69, 9.17) is 10.8 Å². The minimum atomic E-state index is -1.17. The predicted octanol–water partition coefficient (Wildman–Crippen LogP) is 2.48. The van der Waals surface area contributed by atoms with Gasteiger partial charge in [-0.15, -0.1) is 0 Å². The molecule has 0 aliphatic carbocycles. The number of anilines is 1. The lowest BCUT2D eigenvalue weighted by Crippen LogP contribution is -1.99. The molecule has 2 aromatic rings. The molecule has 0 aromatic heterocycles. The molecule has 0 bridgehead atoms. The number of benzene rings is 2. The Morgan fingerprint density at radius 3 is 2.33 bits per heavy atom. The Hall–Kier alpha value is -2.56. The highest BCUT2D eigenvalue weighted by Gasteiger charge is 2.13. The fourth-order valence-electron chi connectivity index (χ4n) is 1.63. The number of nitrogen functional groups attached to an aromatic ring is 1. The molecule has 92 valence electrons. The summed E-state index contributed by atoms with van der Waals surface area (Å²) in [5.41, 5.74) is 6.55. The molecule has 0 saturated heterocycles. The topological polar surface area (TPSA) is 83.5 Å². The van der Waals surface area contributed by atoms with Gasteiger partial charge >= 0.3 is 5.97 Å². The molecule has 4 N–H and O–H groups in total. The highest BCUT2D eigenvalue weighted by molar-refractivity contribution is 5.93. The summed E-state index contributed by atoms with van der Waals surface area (Å²) in [6, 6.07) is 7.81. The van der Waals surface area contributed by atoms with Crippen LogP contribution in [0.25, 0.3) is 11.1 Å². The first-order valence-electron chi connectivity index (χ1n) is 5.11. The second-order valence-electron chi connectivity index (χ2n) is 3.77. The smallest absolute Gasteiger partial charge is 0.335 e. The Morgan fingerprint density at radius 2 is 1.78 bits per heavy atom. The average molecular weight is 247 g/mol. The van der Waals surface area contributed by atoms with E-state index >= 15 is 0 Å². The fraction of sp³-hybridized carbons (Fsp3) is 0. The molecule has 0 atom stereocenters. The Balaban J connectivity index is 2.62. The molecule has 5 heteroatoms. The van der Waals surface area contributed by atoms with E-state index in [1.807, 2.05) is 0 Å². The van der Waals surface area contributed by atoms with Crippen LogP contribution in [0.3, 0.4) is 0 Å². The van der Waals surface area contributed by atoms with Crippen LogP contribution < -0.4 is 5.73 Å². The summed E-state index contributed by atoms with van der Waals surface area (Å²) >= 11 is 0. The number of carbonyl (C=O) groups is 1. The van der Waals surface area contributed by atoms with Gasteiger partial charge in [0.25, 0.3) is 0 Å². The van der Waals surface area contributed by atoms with Gasteiger partial charge in [-0.1, -0.05) is 12.1 Å². The summed E-state index contributed by atoms with van der Waals surface area (Å²) in [5.74, 6) is -1.89. The SMILES string of the molecule is Nc1c(O)cc(C(=O)O)cc1-c1ccc(F)cc1. The zero-order valence-electron chi connectivity index (χ0n) is 9.22. The van der Waals surface area contributed by atoms with Gasteiger partial charge in [-0.25, -0.2) is 9.18 Å². The third kappa shape index (κ3) is 2.10. The van der Waals surface area contributed by atoms with Crippen molar-refractivity contribution < 1.29 is 19.4 Å². The van der Waals surface area contributed by atoms with Crippen LogP contribution in [-0.4, -0.2) is 16.2 Å². The lowest BCUT2D eigenvalue weighted by Gasteiger charge is -2.09. The lowest BCUT2D eigenvalue weighted by molar-refractivity contribution is 0.0696. The van der Waals surface area contributed by atoms with Crippen molar-refractivity contribution in [3.63, 3.8) is 0 Å². The molecule has 0 saturated carbocycles. The number of hydrogen-bond acceptors (Lipinski definition) is 3. The van der Waals surface area contributed by atoms with Crippen LogP contribution in [0.15, 0.2) is 36.4 Å². The molecule has 0 aliphatic heterocycles. The van der Waals surface area contributed by atoms with E-state index < -0.39 is 11.8 Å². The van der Waals surface area contributed by atoms with Gasteiger partial charge in [0.2, 0.25) is 0 Å². The number of hydrogen-bond donors (Lipinski definition) is 3. The normalized spacial score (nSPS) is 10.3. The number of carboxylic acid groups (broad SMARTS) is 1. The number of halogens is 1. The first-order chi connectivity index (χ1) is 8.49. The first-order valence-corrected chi connectivity index (χ1v) is 5.11. The van der Waals surface area contributed by atoms with Crippen LogP contribution >= 0.6 is 0 Å². The van der Waals surface area contributed by atoms with Crippen molar-refractivity contribution in [2.45, 2.75) is 0 Å². The summed E-state index contributed by atoms with van der Waals surface area (Å²) in [6.45, 7) is 0. The standard InChI is InChI=1S/C13H10FNO3/c14-9-3-1-7(2-4-9)10-5-8(13(17)18)6-11(16)12(10)15/h1-6,16H,15H2,(H,17,18). The van der Waals surface area contributed by atoms with Crippen molar-refractivity contribution in [3.05, 3.63) is 47.8 Å². The highest BCUT2D eigenvalue weighted by atomic mass is 19.1. The van der Waals surface area contributed by atoms with E-state index in [9.17, 15) is 14.3 Å². The van der Waals surface area contributed by atoms with Crippen molar-refractivity contribution in [1.29, 1.82) is 0 Å². The van der Waals surface area contributed by atoms with Gasteiger partial charge in [-0.05, 0) is 29.8 Å². The van der Waals surface area contributed by atoms with Crippen LogP contribution in [-0.2, 0) is 0 Å². The summed E-state index contributed by atoms with van der Waals surface area (Å²) < 4.78 is 12.8. The number of phenols is 1. The van der Waals surface area contributed by atoms with Crippen molar-refractivity contribution >= 4 is 11.7 Å². The summed E-state index contributed by atoms with van der Waals surface area (Å²) in [6.07, 6.45) is 0. The summed E-state index contributed by atoms with van der Waals surface area (Å²) in [7, 11) is 0. The largest absolute Gasteiger partial charge is 0.506 e. The number of aromatic carboxylic acids is 1. The molecule has 2 rings (SSSR count). The van der Waals surface area contributed by atoms with E-state index in [2.05, 4.69) is 0 Å². The van der Waals surface area contributed by atoms with Gasteiger partial charge in [0.1, 0.15) is 11.6 Å². The van der Waals surface area contributed by atoms with Crippen LogP contribution in [0.5, 0.6) is 5.75 Å². The van der Waals surface area contributed by atoms with Crippen LogP contribution in [0.1, 0.15) is 10.4 Å². The second kappa shape index (κ2) is 4.37. The minimum absolute atomic E-state index is 0.0617. The van der Waals surface area contributed by atoms with E-state index in [0.717, 1.165) is 6.07 Å². The fourth-order valence-corrected chi connectivity index (χ4v) is 1.63. The van der Waals surface area contributed by atoms with E-state index in [-0.39, 0.29) is 17.0 Å². The monoisotopic (exact) mass is 247 g/mol. The number of carboxylic acids is 1. The molecule has 0 radical (unpaired) electrons. The molecular formula is C13H10FNO3. The molecule has 0 heterocycles. The van der Waals surface area contributed by atoms with Crippen molar-refractivity contribution in [2.24, 2.45) is 0 Å². The molecule has 0 amide bonds. The first kappa shape index (κ1) is 11.9. The summed E-state index contributed by atoms with van der Waals surface area (Å²) in [5, 5.41) is 18.5. The number of aromatic hydroxyl groups is 1. The van der Waals surface area contributed by atoms with E-state index in [0.29, 0.717) is 11.1 Å². The van der Waals surface area contributed by atoms with E-state index in [1.165, 1.54) is 30.3 Å². The van der Waals surface area contributed by atoms with Crippen LogP contribution in [0.2, 0.25) is 0 Å². The maximum atomic E-state index is 12.8. The van der Waals surface area contributed by atoms with Crippen LogP contribution in [0, 0.1) is 5.82 Å². The van der Waals surface area contributed by atoms with Crippen molar-refractivity contribution in [2.75, 3.05) is 5.73 Å². The van der Waals surface area contributed by atoms with Gasteiger partial charge in [-0.3, -0.25) is 0 Å². The third-order valence-electron chi connectivity index (χ3n) is 2.56. The van der Waals surface area contributed by atoms with Gasteiger partial charge in [-0.2, -0.15) is 0 Å². The lowest BCUT2D eigenvalue weighted by atomic mass is 10.0. The summed E-state index contributed by atoms with van der Waals surface area (Å²) in [4.78, 5) is 10.9. The molecule has 0 fully saturated rings. The second-order valence-corrected chi connectivity index (χ2v) is 3.77. The quantitative estimate of drug-likeness (QED) is 0.562. The molecule has 0 unspecified atom stereocenters. The van der Waals surface area contributed by atoms with Gasteiger partial charge < -0.3 is 15.9 Å². The maximum Gasteiger partial charge on any atom is 0.335 e. The minimum Gasteiger partial charge on any atom is -0.506 e. The molecule has 2 aromatic carbocycles. The van der Waals surface area contributed by atoms with Gasteiger partial charge in [0.05, 0.1) is 11.3 Å². The number of rotatable bonds is 2. The Kier molecular flexibility index (Phi) is 2.89. The zero-order valence-corrected chi connectivity index (χ0v) is 9.22. The molecule has 18 heavy (non-hydrogen) atoms. The zero-order chi connectivity index (χ0) is 13.3. The van der Waals surface area contributed by atoms with Gasteiger partial charge in [0.15, 0.2) is 0 Å². The number of nitrogens with two attached hydrogens (primary N) is 1. The Bertz CT molecular complexity index is 608. The molecule has 4 nitrogen and oxygen atoms in total. The van der Waals surface area contributed by atoms with Crippen LogP contribution in [0.4, 0.5) is 10.1 Å². The predicted molar refractivity (Wildman–Crippen MR) is 64.9 cm³/mol. The van der Waals surface area contributed by atoms with Crippen molar-refractivity contribution in [1.82, 2.24) is 0 Å². The average Bonchev–Trinajstić information content (AvgIpc) is 2.33. The van der Waals surface area contributed by atoms with Gasteiger partial charge in [0, 0.05) is 5.56 Å². The molecular weight excluding hydrogens is 237 g/mol. The van der Waals surface area contributed by atoms with E-state index in [1.54, 1.807) is 0 Å². The van der Waals surface area contributed by atoms with Crippen molar-refractivity contribution in [3.8, 4) is 16.9 Å². The Labute approximate surface area is 102 Å². The highest BCUT2D eigenvalue weighted by Crippen LogP contribution is 2.34. The third-order valence-corrected chi connectivity index (χ3v) is 2.56. The molecule has 0 spiro atoms. The maximum absolute atomic E-state index is 12.8.